The molecule has 0 aliphatic heterocycles. The summed E-state index contributed by atoms with van der Waals surface area (Å²) in [6.45, 7) is 2.35. The molecule has 0 fully saturated rings. The Labute approximate surface area is 162 Å². The number of carbonyl (C=O) groups excluding carboxylic acids is 2. The van der Waals surface area contributed by atoms with E-state index in [1.807, 2.05) is 6.92 Å². The minimum absolute atomic E-state index is 0.0359. The molecule has 27 heavy (non-hydrogen) atoms. The molecule has 0 radical (unpaired) electrons. The Morgan fingerprint density at radius 1 is 1.15 bits per heavy atom. The molecule has 0 unspecified atom stereocenters. The van der Waals surface area contributed by atoms with Crippen molar-refractivity contribution < 1.29 is 22.7 Å². The number of anilines is 1. The van der Waals surface area contributed by atoms with Crippen LogP contribution in [0.5, 0.6) is 0 Å². The van der Waals surface area contributed by atoms with E-state index in [1.165, 1.54) is 36.4 Å². The van der Waals surface area contributed by atoms with Gasteiger partial charge in [-0.2, -0.15) is 0 Å². The van der Waals surface area contributed by atoms with E-state index >= 15 is 0 Å². The minimum Gasteiger partial charge on any atom is -0.462 e. The topological polar surface area (TPSA) is 116 Å². The zero-order valence-electron chi connectivity index (χ0n) is 14.6. The van der Waals surface area contributed by atoms with Gasteiger partial charge < -0.3 is 10.1 Å². The van der Waals surface area contributed by atoms with Crippen LogP contribution in [0, 0.1) is 0 Å². The molecule has 0 aliphatic rings. The second-order valence-corrected chi connectivity index (χ2v) is 7.68. The van der Waals surface area contributed by atoms with Crippen molar-refractivity contribution in [2.45, 2.75) is 24.7 Å². The Morgan fingerprint density at radius 3 is 2.41 bits per heavy atom. The molecule has 2 aromatic rings. The van der Waals surface area contributed by atoms with Crippen LogP contribution in [-0.2, 0) is 14.8 Å². The van der Waals surface area contributed by atoms with E-state index in [-0.39, 0.29) is 15.5 Å². The van der Waals surface area contributed by atoms with Crippen LogP contribution >= 0.6 is 11.6 Å². The molecule has 0 saturated heterocycles. The third-order valence-electron chi connectivity index (χ3n) is 3.62. The highest BCUT2D eigenvalue weighted by atomic mass is 35.5. The van der Waals surface area contributed by atoms with Crippen LogP contribution in [0.4, 0.5) is 5.69 Å². The average Bonchev–Trinajstić information content (AvgIpc) is 2.61. The van der Waals surface area contributed by atoms with E-state index in [9.17, 15) is 18.0 Å². The van der Waals surface area contributed by atoms with Crippen molar-refractivity contribution in [3.05, 3.63) is 58.6 Å². The summed E-state index contributed by atoms with van der Waals surface area (Å²) in [6.07, 6.45) is 1.71. The van der Waals surface area contributed by atoms with E-state index in [1.54, 1.807) is 0 Å². The van der Waals surface area contributed by atoms with Gasteiger partial charge in [0.05, 0.1) is 27.7 Å². The Bertz CT molecular complexity index is 943. The number of hydrogen-bond donors (Lipinski definition) is 2. The van der Waals surface area contributed by atoms with Gasteiger partial charge >= 0.3 is 5.97 Å². The zero-order valence-corrected chi connectivity index (χ0v) is 16.1. The van der Waals surface area contributed by atoms with Crippen molar-refractivity contribution in [1.82, 2.24) is 0 Å². The lowest BCUT2D eigenvalue weighted by Crippen LogP contribution is -2.16. The summed E-state index contributed by atoms with van der Waals surface area (Å²) >= 11 is 5.98. The second-order valence-electron chi connectivity index (χ2n) is 5.71. The van der Waals surface area contributed by atoms with Gasteiger partial charge in [0.15, 0.2) is 0 Å². The summed E-state index contributed by atoms with van der Waals surface area (Å²) < 4.78 is 28.0. The maximum atomic E-state index is 12.4. The van der Waals surface area contributed by atoms with Crippen molar-refractivity contribution in [3.8, 4) is 0 Å². The van der Waals surface area contributed by atoms with Crippen LogP contribution in [-0.4, -0.2) is 26.9 Å². The lowest BCUT2D eigenvalue weighted by atomic mass is 10.2. The third-order valence-corrected chi connectivity index (χ3v) is 4.86. The molecular formula is C18H19ClN2O5S. The van der Waals surface area contributed by atoms with Crippen LogP contribution in [0.25, 0.3) is 0 Å². The maximum Gasteiger partial charge on any atom is 0.338 e. The largest absolute Gasteiger partial charge is 0.462 e. The Balaban J connectivity index is 2.11. The van der Waals surface area contributed by atoms with Crippen molar-refractivity contribution >= 4 is 39.2 Å². The van der Waals surface area contributed by atoms with E-state index in [0.717, 1.165) is 18.9 Å². The number of unbranched alkanes of at least 4 members (excludes halogenated alkanes) is 1. The fourth-order valence-electron chi connectivity index (χ4n) is 2.14. The number of carbonyl (C=O) groups is 2. The van der Waals surface area contributed by atoms with Crippen molar-refractivity contribution in [2.75, 3.05) is 11.9 Å². The van der Waals surface area contributed by atoms with Crippen LogP contribution in [0.2, 0.25) is 5.02 Å². The number of amides is 1. The molecule has 0 aliphatic carbocycles. The molecule has 2 rings (SSSR count). The molecule has 0 atom stereocenters. The molecule has 9 heteroatoms. The normalized spacial score (nSPS) is 11.1. The first kappa shape index (κ1) is 20.9. The molecule has 0 heterocycles. The first-order chi connectivity index (χ1) is 12.7. The molecular weight excluding hydrogens is 392 g/mol. The summed E-state index contributed by atoms with van der Waals surface area (Å²) in [6, 6.07) is 9.71. The fraction of sp³-hybridized carbons (Fsp3) is 0.222. The molecule has 144 valence electrons. The number of nitrogens with one attached hydrogen (secondary N) is 1. The van der Waals surface area contributed by atoms with Gasteiger partial charge in [-0.1, -0.05) is 24.9 Å². The highest BCUT2D eigenvalue weighted by molar-refractivity contribution is 7.89. The number of halogens is 1. The Morgan fingerprint density at radius 2 is 1.81 bits per heavy atom. The molecule has 0 bridgehead atoms. The van der Waals surface area contributed by atoms with E-state index in [2.05, 4.69) is 5.32 Å². The van der Waals surface area contributed by atoms with Crippen molar-refractivity contribution in [1.29, 1.82) is 0 Å². The van der Waals surface area contributed by atoms with E-state index in [0.29, 0.717) is 17.9 Å². The molecule has 0 spiro atoms. The lowest BCUT2D eigenvalue weighted by Gasteiger charge is -2.09. The zero-order chi connectivity index (χ0) is 20.0. The molecule has 7 nitrogen and oxygen atoms in total. The Kier molecular flexibility index (Phi) is 6.95. The first-order valence-corrected chi connectivity index (χ1v) is 10.1. The van der Waals surface area contributed by atoms with Crippen LogP contribution in [0.15, 0.2) is 47.4 Å². The lowest BCUT2D eigenvalue weighted by molar-refractivity contribution is 0.0499. The summed E-state index contributed by atoms with van der Waals surface area (Å²) in [5.74, 6) is -1.05. The average molecular weight is 411 g/mol. The standard InChI is InChI=1S/C18H19ClN2O5S/c1-2-3-10-26-18(23)12-4-6-13(7-5-12)21-17(22)15-11-14(27(20,24)25)8-9-16(15)19/h4-9,11H,2-3,10H2,1H3,(H,21,22)(H2,20,24,25). The third kappa shape index (κ3) is 5.78. The van der Waals surface area contributed by atoms with Gasteiger partial charge in [-0.25, -0.2) is 18.4 Å². The number of sulfonamides is 1. The van der Waals surface area contributed by atoms with Crippen LogP contribution in [0.1, 0.15) is 40.5 Å². The number of benzene rings is 2. The van der Waals surface area contributed by atoms with Crippen molar-refractivity contribution in [3.63, 3.8) is 0 Å². The highest BCUT2D eigenvalue weighted by Crippen LogP contribution is 2.21. The number of hydrogen-bond acceptors (Lipinski definition) is 5. The first-order valence-electron chi connectivity index (χ1n) is 8.13. The molecule has 1 amide bonds. The quantitative estimate of drug-likeness (QED) is 0.537. The van der Waals surface area contributed by atoms with Gasteiger partial charge in [0, 0.05) is 5.69 Å². The number of primary sulfonamides is 1. The minimum atomic E-state index is -3.96. The maximum absolute atomic E-state index is 12.4. The van der Waals surface area contributed by atoms with Gasteiger partial charge in [-0.15, -0.1) is 0 Å². The fourth-order valence-corrected chi connectivity index (χ4v) is 2.88. The van der Waals surface area contributed by atoms with E-state index in [4.69, 9.17) is 21.5 Å². The molecule has 2 aromatic carbocycles. The predicted octanol–water partition coefficient (Wildman–Crippen LogP) is 3.20. The summed E-state index contributed by atoms with van der Waals surface area (Å²) in [7, 11) is -3.96. The second kappa shape index (κ2) is 8.98. The smallest absolute Gasteiger partial charge is 0.338 e. The monoisotopic (exact) mass is 410 g/mol. The molecule has 3 N–H and O–H groups in total. The highest BCUT2D eigenvalue weighted by Gasteiger charge is 2.16. The summed E-state index contributed by atoms with van der Waals surface area (Å²) in [5.41, 5.74) is 0.729. The summed E-state index contributed by atoms with van der Waals surface area (Å²) in [5, 5.41) is 7.74. The van der Waals surface area contributed by atoms with Gasteiger partial charge in [-0.05, 0) is 48.9 Å². The molecule has 0 aromatic heterocycles. The van der Waals surface area contributed by atoms with Gasteiger partial charge in [0.25, 0.3) is 5.91 Å². The SMILES string of the molecule is CCCCOC(=O)c1ccc(NC(=O)c2cc(S(N)(=O)=O)ccc2Cl)cc1. The summed E-state index contributed by atoms with van der Waals surface area (Å²) in [4.78, 5) is 24.0. The van der Waals surface area contributed by atoms with Gasteiger partial charge in [0.1, 0.15) is 0 Å². The Hall–Kier alpha value is -2.42. The predicted molar refractivity (Wildman–Crippen MR) is 102 cm³/mol. The van der Waals surface area contributed by atoms with Crippen molar-refractivity contribution in [2.24, 2.45) is 5.14 Å². The number of nitrogens with two attached hydrogens (primary N) is 1. The van der Waals surface area contributed by atoms with Gasteiger partial charge in [0.2, 0.25) is 10.0 Å². The van der Waals surface area contributed by atoms with E-state index < -0.39 is 21.9 Å². The number of ether oxygens (including phenoxy) is 1. The van der Waals surface area contributed by atoms with Crippen LogP contribution in [0.3, 0.4) is 0 Å². The number of esters is 1. The molecule has 0 saturated carbocycles. The van der Waals surface area contributed by atoms with Gasteiger partial charge in [-0.3, -0.25) is 4.79 Å². The van der Waals surface area contributed by atoms with Crippen LogP contribution < -0.4 is 10.5 Å². The number of rotatable bonds is 7.